The molecular formula is C6H7N3O4. The molecule has 0 aromatic carbocycles. The molecule has 0 aliphatic rings. The van der Waals surface area contributed by atoms with Crippen molar-refractivity contribution >= 4 is 11.9 Å². The molecule has 1 heterocycles. The number of rotatable bonds is 4. The van der Waals surface area contributed by atoms with Gasteiger partial charge in [-0.2, -0.15) is 0 Å². The fourth-order valence-electron chi connectivity index (χ4n) is 0.874. The highest BCUT2D eigenvalue weighted by Gasteiger charge is 2.25. The second-order valence-electron chi connectivity index (χ2n) is 2.39. The molecule has 1 aromatic heterocycles. The lowest BCUT2D eigenvalue weighted by molar-refractivity contribution is -0.145. The molecule has 1 rings (SSSR count). The first-order valence-electron chi connectivity index (χ1n) is 3.42. The fraction of sp³-hybridized carbons (Fsp3) is 0.333. The zero-order valence-corrected chi connectivity index (χ0v) is 6.47. The number of hydrogen-bond acceptors (Lipinski definition) is 4. The third-order valence-corrected chi connectivity index (χ3v) is 1.47. The van der Waals surface area contributed by atoms with Crippen molar-refractivity contribution in [2.24, 2.45) is 0 Å². The average Bonchev–Trinajstić information content (AvgIpc) is 2.50. The minimum Gasteiger partial charge on any atom is -0.481 e. The Kier molecular flexibility index (Phi) is 2.58. The summed E-state index contributed by atoms with van der Waals surface area (Å²) in [5.74, 6) is -3.55. The summed E-state index contributed by atoms with van der Waals surface area (Å²) in [6.45, 7) is 0. The number of hydrogen-bond donors (Lipinski definition) is 3. The molecule has 13 heavy (non-hydrogen) atoms. The number of nitrogens with one attached hydrogen (secondary N) is 1. The third kappa shape index (κ3) is 2.26. The van der Waals surface area contributed by atoms with Gasteiger partial charge in [-0.05, 0) is 0 Å². The van der Waals surface area contributed by atoms with Crippen molar-refractivity contribution in [3.8, 4) is 0 Å². The minimum atomic E-state index is -1.23. The van der Waals surface area contributed by atoms with Crippen LogP contribution in [0.5, 0.6) is 0 Å². The summed E-state index contributed by atoms with van der Waals surface area (Å²) in [5.41, 5.74) is 0.120. The first-order valence-corrected chi connectivity index (χ1v) is 3.42. The molecule has 0 amide bonds. The summed E-state index contributed by atoms with van der Waals surface area (Å²) in [7, 11) is 0. The molecule has 0 fully saturated rings. The van der Waals surface area contributed by atoms with Gasteiger partial charge in [-0.3, -0.25) is 14.7 Å². The zero-order chi connectivity index (χ0) is 9.84. The Hall–Kier alpha value is -1.92. The van der Waals surface area contributed by atoms with Crippen molar-refractivity contribution in [1.82, 2.24) is 15.4 Å². The standard InChI is InChI=1S/C6H7N3O4/c10-5(11)1-3(6(12)13)4-2-7-9-8-4/h2-3H,1H2,(H,10,11)(H,12,13)(H,7,8,9). The van der Waals surface area contributed by atoms with Crippen LogP contribution >= 0.6 is 0 Å². The van der Waals surface area contributed by atoms with Crippen molar-refractivity contribution in [3.05, 3.63) is 11.9 Å². The van der Waals surface area contributed by atoms with E-state index in [2.05, 4.69) is 15.4 Å². The molecule has 1 unspecified atom stereocenters. The monoisotopic (exact) mass is 185 g/mol. The van der Waals surface area contributed by atoms with Gasteiger partial charge in [0.15, 0.2) is 0 Å². The van der Waals surface area contributed by atoms with Gasteiger partial charge in [0.1, 0.15) is 5.92 Å². The predicted molar refractivity (Wildman–Crippen MR) is 39.0 cm³/mol. The SMILES string of the molecule is O=C(O)CC(C(=O)O)c1c[nH]nn1. The van der Waals surface area contributed by atoms with E-state index in [0.717, 1.165) is 0 Å². The number of H-pyrrole nitrogens is 1. The maximum Gasteiger partial charge on any atom is 0.313 e. The molecule has 0 saturated carbocycles. The fourth-order valence-corrected chi connectivity index (χ4v) is 0.874. The quantitative estimate of drug-likeness (QED) is 0.579. The number of carboxylic acid groups (broad SMARTS) is 2. The number of carbonyl (C=O) groups is 2. The van der Waals surface area contributed by atoms with E-state index in [1.165, 1.54) is 6.20 Å². The third-order valence-electron chi connectivity index (χ3n) is 1.47. The van der Waals surface area contributed by atoms with Crippen molar-refractivity contribution in [1.29, 1.82) is 0 Å². The molecule has 0 bridgehead atoms. The number of nitrogens with zero attached hydrogens (tertiary/aromatic N) is 2. The van der Waals surface area contributed by atoms with Gasteiger partial charge in [-0.1, -0.05) is 5.21 Å². The van der Waals surface area contributed by atoms with Crippen LogP contribution in [0.2, 0.25) is 0 Å². The van der Waals surface area contributed by atoms with E-state index >= 15 is 0 Å². The van der Waals surface area contributed by atoms with Gasteiger partial charge in [0.05, 0.1) is 12.1 Å². The van der Waals surface area contributed by atoms with Crippen LogP contribution in [0.1, 0.15) is 18.0 Å². The lowest BCUT2D eigenvalue weighted by Crippen LogP contribution is -2.16. The van der Waals surface area contributed by atoms with Gasteiger partial charge < -0.3 is 10.2 Å². The maximum absolute atomic E-state index is 10.6. The van der Waals surface area contributed by atoms with E-state index in [9.17, 15) is 9.59 Å². The van der Waals surface area contributed by atoms with Crippen LogP contribution < -0.4 is 0 Å². The largest absolute Gasteiger partial charge is 0.481 e. The van der Waals surface area contributed by atoms with E-state index in [-0.39, 0.29) is 5.69 Å². The van der Waals surface area contributed by atoms with Gasteiger partial charge in [0.2, 0.25) is 0 Å². The summed E-state index contributed by atoms with van der Waals surface area (Å²) in [4.78, 5) is 20.9. The van der Waals surface area contributed by atoms with E-state index < -0.39 is 24.3 Å². The van der Waals surface area contributed by atoms with Gasteiger partial charge >= 0.3 is 11.9 Å². The van der Waals surface area contributed by atoms with Gasteiger partial charge in [-0.25, -0.2) is 0 Å². The highest BCUT2D eigenvalue weighted by atomic mass is 16.4. The van der Waals surface area contributed by atoms with Crippen LogP contribution in [0.4, 0.5) is 0 Å². The Morgan fingerprint density at radius 2 is 2.23 bits per heavy atom. The lowest BCUT2D eigenvalue weighted by Gasteiger charge is -2.04. The van der Waals surface area contributed by atoms with Gasteiger partial charge in [-0.15, -0.1) is 5.10 Å². The molecule has 3 N–H and O–H groups in total. The van der Waals surface area contributed by atoms with Gasteiger partial charge in [0, 0.05) is 6.20 Å². The molecular weight excluding hydrogens is 178 g/mol. The molecule has 0 saturated heterocycles. The average molecular weight is 185 g/mol. The summed E-state index contributed by atoms with van der Waals surface area (Å²) in [6.07, 6.45) is 0.767. The van der Waals surface area contributed by atoms with Crippen molar-refractivity contribution in [2.75, 3.05) is 0 Å². The topological polar surface area (TPSA) is 116 Å². The summed E-state index contributed by atoms with van der Waals surface area (Å²) < 4.78 is 0. The first kappa shape index (κ1) is 9.17. The van der Waals surface area contributed by atoms with Crippen LogP contribution in [0, 0.1) is 0 Å². The second-order valence-corrected chi connectivity index (χ2v) is 2.39. The van der Waals surface area contributed by atoms with E-state index in [1.54, 1.807) is 0 Å². The highest BCUT2D eigenvalue weighted by Crippen LogP contribution is 2.16. The molecule has 0 aliphatic carbocycles. The highest BCUT2D eigenvalue weighted by molar-refractivity contribution is 5.81. The molecule has 0 radical (unpaired) electrons. The second kappa shape index (κ2) is 3.65. The Morgan fingerprint density at radius 3 is 2.62 bits per heavy atom. The normalized spacial score (nSPS) is 12.3. The van der Waals surface area contributed by atoms with Crippen LogP contribution in [0.15, 0.2) is 6.20 Å². The van der Waals surface area contributed by atoms with E-state index in [1.807, 2.05) is 0 Å². The predicted octanol–water partition coefficient (Wildman–Crippen LogP) is -0.552. The summed E-state index contributed by atoms with van der Waals surface area (Å²) in [6, 6.07) is 0. The molecule has 0 spiro atoms. The number of aromatic nitrogens is 3. The van der Waals surface area contributed by atoms with Crippen molar-refractivity contribution < 1.29 is 19.8 Å². The Labute approximate surface area is 72.4 Å². The van der Waals surface area contributed by atoms with Crippen molar-refractivity contribution in [3.63, 3.8) is 0 Å². The van der Waals surface area contributed by atoms with Gasteiger partial charge in [0.25, 0.3) is 0 Å². The van der Waals surface area contributed by atoms with E-state index in [4.69, 9.17) is 10.2 Å². The first-order chi connectivity index (χ1) is 6.11. The lowest BCUT2D eigenvalue weighted by atomic mass is 10.0. The summed E-state index contributed by atoms with van der Waals surface area (Å²) in [5, 5.41) is 26.1. The zero-order valence-electron chi connectivity index (χ0n) is 6.47. The van der Waals surface area contributed by atoms with Crippen LogP contribution in [0.3, 0.4) is 0 Å². The summed E-state index contributed by atoms with van der Waals surface area (Å²) >= 11 is 0. The Balaban J connectivity index is 2.81. The Bertz CT molecular complexity index is 308. The maximum atomic E-state index is 10.6. The molecule has 7 nitrogen and oxygen atoms in total. The van der Waals surface area contributed by atoms with Crippen molar-refractivity contribution in [2.45, 2.75) is 12.3 Å². The molecule has 1 aromatic rings. The number of aliphatic carboxylic acids is 2. The molecule has 7 heteroatoms. The minimum absolute atomic E-state index is 0.120. The smallest absolute Gasteiger partial charge is 0.313 e. The number of carboxylic acids is 2. The van der Waals surface area contributed by atoms with Crippen LogP contribution in [-0.4, -0.2) is 37.6 Å². The van der Waals surface area contributed by atoms with Crippen LogP contribution in [-0.2, 0) is 9.59 Å². The Morgan fingerprint density at radius 1 is 1.54 bits per heavy atom. The number of aromatic amines is 1. The molecule has 70 valence electrons. The van der Waals surface area contributed by atoms with E-state index in [0.29, 0.717) is 0 Å². The molecule has 1 atom stereocenters. The molecule has 0 aliphatic heterocycles. The van der Waals surface area contributed by atoms with Crippen LogP contribution in [0.25, 0.3) is 0 Å².